The van der Waals surface area contributed by atoms with Crippen molar-refractivity contribution in [3.8, 4) is 0 Å². The average molecular weight is 322 g/mol. The maximum absolute atomic E-state index is 12.8. The van der Waals surface area contributed by atoms with Crippen LogP contribution in [0.2, 0.25) is 0 Å². The first-order valence-corrected chi connectivity index (χ1v) is 8.56. The molecule has 2 aliphatic heterocycles. The summed E-state index contributed by atoms with van der Waals surface area (Å²) in [5.41, 5.74) is 8.85. The lowest BCUT2D eigenvalue weighted by Crippen LogP contribution is -2.44. The fraction of sp³-hybridized carbons (Fsp3) is 0.368. The van der Waals surface area contributed by atoms with Crippen LogP contribution in [0, 0.1) is 0 Å². The second kappa shape index (κ2) is 6.71. The van der Waals surface area contributed by atoms with E-state index in [1.54, 1.807) is 6.20 Å². The summed E-state index contributed by atoms with van der Waals surface area (Å²) in [6.07, 6.45) is 5.43. The van der Waals surface area contributed by atoms with Crippen molar-refractivity contribution >= 4 is 5.91 Å². The van der Waals surface area contributed by atoms with Crippen molar-refractivity contribution in [1.82, 2.24) is 20.7 Å². The Morgan fingerprint density at radius 3 is 2.71 bits per heavy atom. The van der Waals surface area contributed by atoms with E-state index in [4.69, 9.17) is 0 Å². The quantitative estimate of drug-likeness (QED) is 0.907. The zero-order chi connectivity index (χ0) is 16.4. The predicted molar refractivity (Wildman–Crippen MR) is 92.0 cm³/mol. The van der Waals surface area contributed by atoms with Gasteiger partial charge in [0.05, 0.1) is 0 Å². The van der Waals surface area contributed by atoms with E-state index in [9.17, 15) is 4.79 Å². The van der Waals surface area contributed by atoms with Crippen LogP contribution in [0.1, 0.15) is 35.9 Å². The Labute approximate surface area is 142 Å². The molecule has 2 N–H and O–H groups in total. The zero-order valence-corrected chi connectivity index (χ0v) is 13.6. The molecule has 3 unspecified atom stereocenters. The number of pyridine rings is 1. The molecule has 24 heavy (non-hydrogen) atoms. The molecule has 3 atom stereocenters. The van der Waals surface area contributed by atoms with Gasteiger partial charge in [0.15, 0.2) is 0 Å². The number of nitrogens with one attached hydrogen (secondary N) is 2. The maximum Gasteiger partial charge on any atom is 0.241 e. The Morgan fingerprint density at radius 1 is 1.08 bits per heavy atom. The van der Waals surface area contributed by atoms with Gasteiger partial charge in [-0.2, -0.15) is 0 Å². The molecule has 2 aliphatic rings. The van der Waals surface area contributed by atoms with Crippen molar-refractivity contribution in [3.63, 3.8) is 0 Å². The van der Waals surface area contributed by atoms with Gasteiger partial charge >= 0.3 is 0 Å². The van der Waals surface area contributed by atoms with Gasteiger partial charge in [0.2, 0.25) is 5.91 Å². The van der Waals surface area contributed by atoms with Crippen LogP contribution < -0.4 is 10.9 Å². The fourth-order valence-electron chi connectivity index (χ4n) is 3.70. The summed E-state index contributed by atoms with van der Waals surface area (Å²) in [4.78, 5) is 19.0. The van der Waals surface area contributed by atoms with Crippen LogP contribution in [-0.4, -0.2) is 34.9 Å². The zero-order valence-electron chi connectivity index (χ0n) is 13.6. The number of carbonyl (C=O) groups is 1. The minimum Gasteiger partial charge on any atom is -0.341 e. The van der Waals surface area contributed by atoms with Crippen LogP contribution in [0.25, 0.3) is 0 Å². The molecule has 5 nitrogen and oxygen atoms in total. The molecular formula is C19H22N4O. The highest BCUT2D eigenvalue weighted by atomic mass is 16.2. The van der Waals surface area contributed by atoms with Gasteiger partial charge in [-0.1, -0.05) is 36.4 Å². The standard InChI is InChI=1S/C19H22N4O/c24-19(18-11-17(21-22-18)15-7-4-9-20-12-15)23-10-8-16(13-23)14-5-2-1-3-6-14/h1-7,9,12,16-18,21-22H,8,10-11,13H2. The number of hydrazine groups is 1. The van der Waals surface area contributed by atoms with Crippen molar-refractivity contribution in [1.29, 1.82) is 0 Å². The molecule has 4 rings (SSSR count). The first kappa shape index (κ1) is 15.3. The minimum atomic E-state index is -0.162. The smallest absolute Gasteiger partial charge is 0.241 e. The number of benzene rings is 1. The fourth-order valence-corrected chi connectivity index (χ4v) is 3.70. The van der Waals surface area contributed by atoms with Gasteiger partial charge < -0.3 is 4.90 Å². The number of carbonyl (C=O) groups excluding carboxylic acids is 1. The van der Waals surface area contributed by atoms with Gasteiger partial charge in [-0.25, -0.2) is 10.9 Å². The highest BCUT2D eigenvalue weighted by molar-refractivity contribution is 5.82. The molecule has 1 aromatic carbocycles. The summed E-state index contributed by atoms with van der Waals surface area (Å²) in [5.74, 6) is 0.658. The predicted octanol–water partition coefficient (Wildman–Crippen LogP) is 2.01. The van der Waals surface area contributed by atoms with Crippen LogP contribution >= 0.6 is 0 Å². The van der Waals surface area contributed by atoms with Crippen LogP contribution in [0.4, 0.5) is 0 Å². The third kappa shape index (κ3) is 3.05. The second-order valence-electron chi connectivity index (χ2n) is 6.60. The van der Waals surface area contributed by atoms with Gasteiger partial charge in [-0.05, 0) is 30.0 Å². The molecule has 2 saturated heterocycles. The van der Waals surface area contributed by atoms with E-state index in [0.29, 0.717) is 5.92 Å². The Hall–Kier alpha value is -2.24. The number of likely N-dealkylation sites (tertiary alicyclic amines) is 1. The molecule has 0 spiro atoms. The van der Waals surface area contributed by atoms with Crippen molar-refractivity contribution in [2.75, 3.05) is 13.1 Å². The molecule has 0 bridgehead atoms. The maximum atomic E-state index is 12.8. The van der Waals surface area contributed by atoms with Crippen LogP contribution in [0.3, 0.4) is 0 Å². The number of aromatic nitrogens is 1. The third-order valence-corrected chi connectivity index (χ3v) is 5.06. The second-order valence-corrected chi connectivity index (χ2v) is 6.60. The van der Waals surface area contributed by atoms with Crippen LogP contribution in [0.15, 0.2) is 54.9 Å². The van der Waals surface area contributed by atoms with E-state index in [2.05, 4.69) is 40.1 Å². The first-order valence-electron chi connectivity index (χ1n) is 8.56. The largest absolute Gasteiger partial charge is 0.341 e. The lowest BCUT2D eigenvalue weighted by atomic mass is 9.99. The topological polar surface area (TPSA) is 57.3 Å². The molecule has 0 saturated carbocycles. The van der Waals surface area contributed by atoms with Crippen molar-refractivity contribution in [2.45, 2.75) is 30.8 Å². The molecule has 2 fully saturated rings. The molecule has 1 aromatic heterocycles. The molecule has 124 valence electrons. The van der Waals surface area contributed by atoms with E-state index >= 15 is 0 Å². The number of hydrogen-bond donors (Lipinski definition) is 2. The SMILES string of the molecule is O=C(C1CC(c2cccnc2)NN1)N1CCC(c2ccccc2)C1. The Kier molecular flexibility index (Phi) is 4.28. The summed E-state index contributed by atoms with van der Waals surface area (Å²) in [6.45, 7) is 1.66. The van der Waals surface area contributed by atoms with Crippen molar-refractivity contribution < 1.29 is 4.79 Å². The molecule has 5 heteroatoms. The normalized spacial score (nSPS) is 26.7. The number of rotatable bonds is 3. The van der Waals surface area contributed by atoms with Gasteiger partial charge in [-0.15, -0.1) is 0 Å². The average Bonchev–Trinajstić information content (AvgIpc) is 3.33. The highest BCUT2D eigenvalue weighted by Crippen LogP contribution is 2.29. The summed E-state index contributed by atoms with van der Waals surface area (Å²) in [6, 6.07) is 14.4. The minimum absolute atomic E-state index is 0.139. The van der Waals surface area contributed by atoms with E-state index in [-0.39, 0.29) is 18.0 Å². The molecule has 0 aliphatic carbocycles. The molecule has 1 amide bonds. The Bertz CT molecular complexity index is 632. The number of hydrogen-bond acceptors (Lipinski definition) is 4. The first-order chi connectivity index (χ1) is 11.8. The monoisotopic (exact) mass is 322 g/mol. The van der Waals surface area contributed by atoms with Crippen LogP contribution in [-0.2, 0) is 4.79 Å². The van der Waals surface area contributed by atoms with Crippen molar-refractivity contribution in [3.05, 3.63) is 66.0 Å². The van der Waals surface area contributed by atoms with E-state index in [1.165, 1.54) is 5.56 Å². The van der Waals surface area contributed by atoms with Crippen molar-refractivity contribution in [2.24, 2.45) is 0 Å². The van der Waals surface area contributed by atoms with Gasteiger partial charge in [0.25, 0.3) is 0 Å². The van der Waals surface area contributed by atoms with Gasteiger partial charge in [0.1, 0.15) is 6.04 Å². The van der Waals surface area contributed by atoms with E-state index in [1.807, 2.05) is 29.3 Å². The lowest BCUT2D eigenvalue weighted by molar-refractivity contribution is -0.132. The molecule has 3 heterocycles. The summed E-state index contributed by atoms with van der Waals surface area (Å²) < 4.78 is 0. The number of nitrogens with zero attached hydrogens (tertiary/aromatic N) is 2. The van der Waals surface area contributed by atoms with Gasteiger partial charge in [0, 0.05) is 37.4 Å². The Balaban J connectivity index is 1.37. The molecule has 0 radical (unpaired) electrons. The van der Waals surface area contributed by atoms with Crippen LogP contribution in [0.5, 0.6) is 0 Å². The number of amides is 1. The highest BCUT2D eigenvalue weighted by Gasteiger charge is 2.36. The summed E-state index contributed by atoms with van der Waals surface area (Å²) in [5, 5.41) is 0. The lowest BCUT2D eigenvalue weighted by Gasteiger charge is -2.20. The van der Waals surface area contributed by atoms with E-state index in [0.717, 1.165) is 31.5 Å². The third-order valence-electron chi connectivity index (χ3n) is 5.06. The molecular weight excluding hydrogens is 300 g/mol. The Morgan fingerprint density at radius 2 is 1.92 bits per heavy atom. The molecule has 2 aromatic rings. The summed E-state index contributed by atoms with van der Waals surface area (Å²) >= 11 is 0. The van der Waals surface area contributed by atoms with Gasteiger partial charge in [-0.3, -0.25) is 9.78 Å². The summed E-state index contributed by atoms with van der Waals surface area (Å²) in [7, 11) is 0. The van der Waals surface area contributed by atoms with E-state index < -0.39 is 0 Å².